The second kappa shape index (κ2) is 8.52. The van der Waals surface area contributed by atoms with E-state index in [4.69, 9.17) is 21.1 Å². The van der Waals surface area contributed by atoms with Gasteiger partial charge >= 0.3 is 0 Å². The number of Topliss-reactive ketones (excluding diaryl/α,β-unsaturated/α-hetero) is 1. The number of para-hydroxylation sites is 2. The Kier molecular flexibility index (Phi) is 5.57. The van der Waals surface area contributed by atoms with Gasteiger partial charge in [0.25, 0.3) is 0 Å². The molecule has 7 heteroatoms. The summed E-state index contributed by atoms with van der Waals surface area (Å²) in [4.78, 5) is 14.6. The summed E-state index contributed by atoms with van der Waals surface area (Å²) in [6.45, 7) is 0. The first-order valence-electron chi connectivity index (χ1n) is 10.4. The number of rotatable bonds is 4. The average Bonchev–Trinajstić information content (AvgIpc) is 3.16. The zero-order chi connectivity index (χ0) is 22.2. The van der Waals surface area contributed by atoms with Crippen LogP contribution in [0.25, 0.3) is 0 Å². The predicted octanol–water partition coefficient (Wildman–Crippen LogP) is 6.40. The number of carbonyl (C=O) groups is 1. The van der Waals surface area contributed by atoms with E-state index in [1.807, 2.05) is 54.6 Å². The molecule has 3 aromatic rings. The summed E-state index contributed by atoms with van der Waals surface area (Å²) >= 11 is 7.74. The zero-order valence-electron chi connectivity index (χ0n) is 17.8. The first-order valence-corrected chi connectivity index (χ1v) is 11.6. The fraction of sp³-hybridized carbons (Fsp3) is 0.240. The quantitative estimate of drug-likeness (QED) is 0.466. The Hall–Kier alpha value is -2.96. The highest BCUT2D eigenvalue weighted by atomic mass is 35.5. The molecule has 0 radical (unpaired) electrons. The van der Waals surface area contributed by atoms with Crippen LogP contribution in [0.3, 0.4) is 0 Å². The molecule has 164 valence electrons. The van der Waals surface area contributed by atoms with Crippen LogP contribution in [0, 0.1) is 0 Å². The van der Waals surface area contributed by atoms with Gasteiger partial charge in [0.2, 0.25) is 0 Å². The zero-order valence-corrected chi connectivity index (χ0v) is 19.3. The van der Waals surface area contributed by atoms with Gasteiger partial charge in [-0.1, -0.05) is 29.8 Å². The van der Waals surface area contributed by atoms with Gasteiger partial charge < -0.3 is 20.1 Å². The molecule has 2 aromatic carbocycles. The van der Waals surface area contributed by atoms with E-state index in [2.05, 4.69) is 10.6 Å². The fourth-order valence-electron chi connectivity index (χ4n) is 4.53. The number of thiophene rings is 1. The number of fused-ring (bicyclic) bond motifs is 1. The summed E-state index contributed by atoms with van der Waals surface area (Å²) in [5, 5.41) is 7.14. The maximum Gasteiger partial charge on any atom is 0.163 e. The lowest BCUT2D eigenvalue weighted by atomic mass is 9.79. The number of ketones is 1. The van der Waals surface area contributed by atoms with E-state index < -0.39 is 0 Å². The highest BCUT2D eigenvalue weighted by Crippen LogP contribution is 2.46. The summed E-state index contributed by atoms with van der Waals surface area (Å²) in [7, 11) is 3.25. The predicted molar refractivity (Wildman–Crippen MR) is 129 cm³/mol. The van der Waals surface area contributed by atoms with Crippen LogP contribution in [-0.2, 0) is 4.79 Å². The molecule has 0 spiro atoms. The van der Waals surface area contributed by atoms with Crippen LogP contribution >= 0.6 is 22.9 Å². The molecule has 1 aliphatic carbocycles. The van der Waals surface area contributed by atoms with Crippen molar-refractivity contribution in [3.63, 3.8) is 0 Å². The molecule has 0 bridgehead atoms. The molecule has 1 aromatic heterocycles. The molecular weight excluding hydrogens is 444 g/mol. The van der Waals surface area contributed by atoms with Crippen molar-refractivity contribution in [1.29, 1.82) is 0 Å². The molecule has 2 N–H and O–H groups in total. The molecule has 0 saturated carbocycles. The van der Waals surface area contributed by atoms with Crippen molar-refractivity contribution < 1.29 is 14.3 Å². The molecule has 2 heterocycles. The molecule has 1 aliphatic heterocycles. The minimum atomic E-state index is -0.238. The molecule has 5 rings (SSSR count). The van der Waals surface area contributed by atoms with E-state index >= 15 is 0 Å². The topological polar surface area (TPSA) is 59.6 Å². The Morgan fingerprint density at radius 3 is 2.47 bits per heavy atom. The third-order valence-electron chi connectivity index (χ3n) is 6.07. The summed E-state index contributed by atoms with van der Waals surface area (Å²) < 4.78 is 11.6. The van der Waals surface area contributed by atoms with Gasteiger partial charge in [-0.2, -0.15) is 0 Å². The van der Waals surface area contributed by atoms with Crippen molar-refractivity contribution in [3.8, 4) is 11.5 Å². The van der Waals surface area contributed by atoms with Crippen LogP contribution in [0.15, 0.2) is 65.9 Å². The van der Waals surface area contributed by atoms with Crippen LogP contribution in [0.2, 0.25) is 4.34 Å². The number of ether oxygens (including phenoxy) is 2. The Morgan fingerprint density at radius 1 is 0.969 bits per heavy atom. The normalized spacial score (nSPS) is 19.9. The number of hydrogen-bond acceptors (Lipinski definition) is 6. The maximum atomic E-state index is 13.6. The van der Waals surface area contributed by atoms with Gasteiger partial charge in [-0.05, 0) is 54.3 Å². The van der Waals surface area contributed by atoms with Crippen LogP contribution in [-0.4, -0.2) is 20.0 Å². The van der Waals surface area contributed by atoms with E-state index in [1.54, 1.807) is 14.2 Å². The molecule has 0 saturated heterocycles. The Bertz CT molecular complexity index is 1220. The summed E-state index contributed by atoms with van der Waals surface area (Å²) in [6.07, 6.45) is 1.16. The summed E-state index contributed by atoms with van der Waals surface area (Å²) in [6, 6.07) is 17.6. The number of nitrogens with one attached hydrogen (secondary N) is 2. The minimum Gasteiger partial charge on any atom is -0.493 e. The van der Waals surface area contributed by atoms with Gasteiger partial charge in [-0.3, -0.25) is 4.79 Å². The van der Waals surface area contributed by atoms with Crippen LogP contribution in [0.5, 0.6) is 11.5 Å². The first-order chi connectivity index (χ1) is 15.6. The largest absolute Gasteiger partial charge is 0.493 e. The lowest BCUT2D eigenvalue weighted by molar-refractivity contribution is -0.116. The van der Waals surface area contributed by atoms with E-state index in [0.29, 0.717) is 22.3 Å². The third-order valence-corrected chi connectivity index (χ3v) is 7.36. The van der Waals surface area contributed by atoms with Gasteiger partial charge in [-0.15, -0.1) is 11.3 Å². The monoisotopic (exact) mass is 466 g/mol. The summed E-state index contributed by atoms with van der Waals surface area (Å²) in [5.74, 6) is 1.53. The maximum absolute atomic E-state index is 13.6. The van der Waals surface area contributed by atoms with E-state index in [1.165, 1.54) is 11.3 Å². The minimum absolute atomic E-state index is 0.0476. The number of methoxy groups -OCH3 is 2. The van der Waals surface area contributed by atoms with Crippen molar-refractivity contribution in [3.05, 3.63) is 80.6 Å². The van der Waals surface area contributed by atoms with Crippen LogP contribution < -0.4 is 20.1 Å². The average molecular weight is 467 g/mol. The highest BCUT2D eigenvalue weighted by Gasteiger charge is 2.36. The van der Waals surface area contributed by atoms with Gasteiger partial charge in [0.05, 0.1) is 36.0 Å². The highest BCUT2D eigenvalue weighted by molar-refractivity contribution is 7.16. The lowest BCUT2D eigenvalue weighted by Gasteiger charge is -2.29. The molecule has 0 amide bonds. The van der Waals surface area contributed by atoms with Gasteiger partial charge in [0.15, 0.2) is 17.3 Å². The third kappa shape index (κ3) is 3.74. The van der Waals surface area contributed by atoms with Crippen molar-refractivity contribution >= 4 is 40.1 Å². The Balaban J connectivity index is 1.57. The number of hydrogen-bond donors (Lipinski definition) is 2. The standard InChI is InChI=1S/C25H23ClN2O3S/c1-30-20-8-7-14(13-21(20)31-2)15-11-18-24(19(29)12-15)25(22-9-10-23(26)32-22)28-17-6-4-3-5-16(17)27-18/h3-10,13,15,25,27-28H,11-12H2,1-2H3/t15-,25+/m1/s1. The smallest absolute Gasteiger partial charge is 0.163 e. The van der Waals surface area contributed by atoms with Crippen LogP contribution in [0.4, 0.5) is 11.4 Å². The molecule has 0 unspecified atom stereocenters. The number of carbonyl (C=O) groups excluding carboxylic acids is 1. The van der Waals surface area contributed by atoms with Crippen molar-refractivity contribution in [2.75, 3.05) is 24.9 Å². The number of anilines is 2. The van der Waals surface area contributed by atoms with Gasteiger partial charge in [-0.25, -0.2) is 0 Å². The van der Waals surface area contributed by atoms with Crippen LogP contribution in [0.1, 0.15) is 35.2 Å². The van der Waals surface area contributed by atoms with Crippen molar-refractivity contribution in [1.82, 2.24) is 0 Å². The molecule has 0 fully saturated rings. The van der Waals surface area contributed by atoms with Crippen molar-refractivity contribution in [2.45, 2.75) is 24.8 Å². The first kappa shape index (κ1) is 20.9. The number of allylic oxidation sites excluding steroid dienone is 1. The lowest BCUT2D eigenvalue weighted by Crippen LogP contribution is -2.26. The second-order valence-corrected chi connectivity index (χ2v) is 9.67. The van der Waals surface area contributed by atoms with Gasteiger partial charge in [0, 0.05) is 22.6 Å². The van der Waals surface area contributed by atoms with E-state index in [0.717, 1.165) is 39.5 Å². The fourth-order valence-corrected chi connectivity index (χ4v) is 5.65. The molecule has 2 aliphatic rings. The molecule has 2 atom stereocenters. The Morgan fingerprint density at radius 2 is 1.75 bits per heavy atom. The summed E-state index contributed by atoms with van der Waals surface area (Å²) in [5.41, 5.74) is 4.73. The molecule has 32 heavy (non-hydrogen) atoms. The molecule has 5 nitrogen and oxygen atoms in total. The molecular formula is C25H23ClN2O3S. The van der Waals surface area contributed by atoms with E-state index in [9.17, 15) is 4.79 Å². The van der Waals surface area contributed by atoms with Crippen molar-refractivity contribution in [2.24, 2.45) is 0 Å². The van der Waals surface area contributed by atoms with E-state index in [-0.39, 0.29) is 17.7 Å². The second-order valence-electron chi connectivity index (χ2n) is 7.92. The Labute approximate surface area is 196 Å². The number of benzene rings is 2. The van der Waals surface area contributed by atoms with Gasteiger partial charge in [0.1, 0.15) is 0 Å². The SMILES string of the molecule is COc1ccc([C@H]2CC(=O)C3=C(C2)Nc2ccccc2N[C@H]3c2ccc(Cl)s2)cc1OC. The number of halogens is 1.